The lowest BCUT2D eigenvalue weighted by atomic mass is 10.2. The molecule has 26 heavy (non-hydrogen) atoms. The van der Waals surface area contributed by atoms with E-state index in [1.165, 1.54) is 0 Å². The van der Waals surface area contributed by atoms with Gasteiger partial charge in [-0.2, -0.15) is 0 Å². The minimum absolute atomic E-state index is 0.0417. The lowest BCUT2D eigenvalue weighted by Crippen LogP contribution is -2.37. The van der Waals surface area contributed by atoms with Crippen molar-refractivity contribution in [3.63, 3.8) is 0 Å². The summed E-state index contributed by atoms with van der Waals surface area (Å²) < 4.78 is 15.3. The van der Waals surface area contributed by atoms with Crippen LogP contribution < -0.4 is 5.73 Å². The first-order chi connectivity index (χ1) is 11.9. The van der Waals surface area contributed by atoms with Gasteiger partial charge in [-0.15, -0.1) is 0 Å². The zero-order chi connectivity index (χ0) is 21.2. The molecule has 0 radical (unpaired) electrons. The van der Waals surface area contributed by atoms with Gasteiger partial charge in [0.05, 0.1) is 31.9 Å². The summed E-state index contributed by atoms with van der Waals surface area (Å²) in [5, 5.41) is 0. The molecule has 0 aliphatic rings. The van der Waals surface area contributed by atoms with E-state index in [0.717, 1.165) is 6.29 Å². The summed E-state index contributed by atoms with van der Waals surface area (Å²) >= 11 is 0. The van der Waals surface area contributed by atoms with Gasteiger partial charge in [-0.1, -0.05) is 13.8 Å². The van der Waals surface area contributed by atoms with Gasteiger partial charge in [0.15, 0.2) is 0 Å². The maximum Gasteiger partial charge on any atom is 0.320 e. The van der Waals surface area contributed by atoms with Gasteiger partial charge in [0.1, 0.15) is 11.9 Å². The highest BCUT2D eigenvalue weighted by Gasteiger charge is 2.18. The summed E-state index contributed by atoms with van der Waals surface area (Å²) in [5.74, 6) is -0.344. The Morgan fingerprint density at radius 1 is 1.04 bits per heavy atom. The van der Waals surface area contributed by atoms with Crippen molar-refractivity contribution in [2.24, 2.45) is 5.73 Å². The van der Waals surface area contributed by atoms with Crippen LogP contribution in [0.3, 0.4) is 0 Å². The quantitative estimate of drug-likeness (QED) is 0.374. The van der Waals surface area contributed by atoms with Crippen molar-refractivity contribution >= 4 is 12.3 Å². The third kappa shape index (κ3) is 27.8. The van der Waals surface area contributed by atoms with Crippen LogP contribution in [0.2, 0.25) is 0 Å². The number of hydrogen-bond acceptors (Lipinski definition) is 7. The zero-order valence-electron chi connectivity index (χ0n) is 18.4. The average Bonchev–Trinajstić information content (AvgIpc) is 2.51. The molecule has 0 rings (SSSR count). The van der Waals surface area contributed by atoms with Gasteiger partial charge < -0.3 is 24.7 Å². The number of carbonyl (C=O) groups is 2. The molecule has 7 nitrogen and oxygen atoms in total. The van der Waals surface area contributed by atoms with Crippen LogP contribution in [-0.4, -0.2) is 74.9 Å². The summed E-state index contributed by atoms with van der Waals surface area (Å²) in [5.41, 5.74) is 4.81. The second kappa shape index (κ2) is 17.4. The smallest absolute Gasteiger partial charge is 0.320 e. The Bertz CT molecular complexity index is 336. The highest BCUT2D eigenvalue weighted by molar-refractivity contribution is 5.72. The Kier molecular flexibility index (Phi) is 19.9. The molecule has 0 fully saturated rings. The van der Waals surface area contributed by atoms with E-state index in [9.17, 15) is 9.59 Å². The Labute approximate surface area is 160 Å². The molecule has 0 heterocycles. The van der Waals surface area contributed by atoms with Gasteiger partial charge in [0, 0.05) is 20.2 Å². The number of nitrogens with zero attached hydrogens (tertiary/aromatic N) is 1. The molecule has 7 heteroatoms. The minimum atomic E-state index is -0.514. The number of ether oxygens (including phenoxy) is 3. The fraction of sp³-hybridized carbons (Fsp3) is 0.895. The standard InChI is InChI=1S/C12H24N2O4.C5H12O.C2H6/c1-12(2,3)18-11(16)10-14(5-7-15)6-9-17-8-4-13;1-5(2,3)6-4;1-2/h7H,4-6,8-10,13H2,1-3H3;1-4H3;1-2H3. The molecule has 0 unspecified atom stereocenters. The molecule has 0 aliphatic carbocycles. The zero-order valence-corrected chi connectivity index (χ0v) is 18.4. The lowest BCUT2D eigenvalue weighted by Gasteiger charge is -2.23. The summed E-state index contributed by atoms with van der Waals surface area (Å²) in [6, 6.07) is 0. The van der Waals surface area contributed by atoms with E-state index in [0.29, 0.717) is 26.3 Å². The van der Waals surface area contributed by atoms with Gasteiger partial charge >= 0.3 is 5.97 Å². The third-order valence-corrected chi connectivity index (χ3v) is 2.53. The fourth-order valence-electron chi connectivity index (χ4n) is 1.28. The molecule has 0 saturated carbocycles. The molecule has 0 bridgehead atoms. The van der Waals surface area contributed by atoms with Crippen LogP contribution in [0.5, 0.6) is 0 Å². The highest BCUT2D eigenvalue weighted by atomic mass is 16.6. The Balaban J connectivity index is -0.000000556. The van der Waals surface area contributed by atoms with Crippen molar-refractivity contribution in [2.45, 2.75) is 66.6 Å². The average molecular weight is 379 g/mol. The number of esters is 1. The topological polar surface area (TPSA) is 91.1 Å². The summed E-state index contributed by atoms with van der Waals surface area (Å²) in [4.78, 5) is 23.8. The molecule has 0 saturated heterocycles. The van der Waals surface area contributed by atoms with Crippen LogP contribution in [0.15, 0.2) is 0 Å². The molecular formula is C19H42N2O5. The Morgan fingerprint density at radius 2 is 1.54 bits per heavy atom. The predicted molar refractivity (Wildman–Crippen MR) is 106 cm³/mol. The second-order valence-electron chi connectivity index (χ2n) is 7.21. The van der Waals surface area contributed by atoms with E-state index in [-0.39, 0.29) is 24.7 Å². The van der Waals surface area contributed by atoms with Gasteiger partial charge in [-0.3, -0.25) is 9.69 Å². The summed E-state index contributed by atoms with van der Waals surface area (Å²) in [6.07, 6.45) is 0.757. The monoisotopic (exact) mass is 378 g/mol. The first-order valence-electron chi connectivity index (χ1n) is 9.16. The summed E-state index contributed by atoms with van der Waals surface area (Å²) in [7, 11) is 1.71. The molecule has 2 N–H and O–H groups in total. The molecule has 0 aliphatic heterocycles. The summed E-state index contributed by atoms with van der Waals surface area (Å²) in [6.45, 7) is 17.6. The molecule has 0 amide bonds. The van der Waals surface area contributed by atoms with Crippen molar-refractivity contribution in [3.05, 3.63) is 0 Å². The van der Waals surface area contributed by atoms with Crippen LogP contribution in [0.25, 0.3) is 0 Å². The largest absolute Gasteiger partial charge is 0.459 e. The van der Waals surface area contributed by atoms with Gasteiger partial charge in [-0.05, 0) is 41.5 Å². The highest BCUT2D eigenvalue weighted by Crippen LogP contribution is 2.07. The number of hydrogen-bond donors (Lipinski definition) is 1. The number of nitrogens with two attached hydrogens (primary N) is 1. The van der Waals surface area contributed by atoms with Crippen molar-refractivity contribution in [3.8, 4) is 0 Å². The van der Waals surface area contributed by atoms with E-state index < -0.39 is 5.60 Å². The molecular weight excluding hydrogens is 336 g/mol. The van der Waals surface area contributed by atoms with Gasteiger partial charge in [0.25, 0.3) is 0 Å². The maximum atomic E-state index is 11.6. The molecule has 0 aromatic rings. The molecule has 158 valence electrons. The number of aldehydes is 1. The van der Waals surface area contributed by atoms with Crippen LogP contribution in [-0.2, 0) is 23.8 Å². The van der Waals surface area contributed by atoms with E-state index >= 15 is 0 Å². The first-order valence-corrected chi connectivity index (χ1v) is 9.16. The first kappa shape index (κ1) is 29.7. The third-order valence-electron chi connectivity index (χ3n) is 2.53. The molecule has 0 aromatic carbocycles. The normalized spacial score (nSPS) is 11.0. The number of carbonyl (C=O) groups excluding carboxylic acids is 2. The Hall–Kier alpha value is -1.02. The molecule has 0 aromatic heterocycles. The number of methoxy groups -OCH3 is 1. The SMILES string of the molecule is CC.CC(C)(C)OC(=O)CN(CC=O)CCOCCN.COC(C)(C)C. The van der Waals surface area contributed by atoms with E-state index in [1.807, 2.05) is 34.6 Å². The van der Waals surface area contributed by atoms with E-state index in [2.05, 4.69) is 0 Å². The Morgan fingerprint density at radius 3 is 1.88 bits per heavy atom. The van der Waals surface area contributed by atoms with Crippen molar-refractivity contribution in [1.29, 1.82) is 0 Å². The molecule has 0 spiro atoms. The van der Waals surface area contributed by atoms with Crippen molar-refractivity contribution in [1.82, 2.24) is 4.90 Å². The lowest BCUT2D eigenvalue weighted by molar-refractivity contribution is -0.156. The van der Waals surface area contributed by atoms with Gasteiger partial charge in [0.2, 0.25) is 0 Å². The molecule has 0 atom stereocenters. The number of rotatable bonds is 9. The maximum absolute atomic E-state index is 11.6. The van der Waals surface area contributed by atoms with E-state index in [1.54, 1.807) is 32.8 Å². The van der Waals surface area contributed by atoms with Crippen LogP contribution >= 0.6 is 0 Å². The predicted octanol–water partition coefficient (Wildman–Crippen LogP) is 2.26. The fourth-order valence-corrected chi connectivity index (χ4v) is 1.28. The minimum Gasteiger partial charge on any atom is -0.459 e. The second-order valence-corrected chi connectivity index (χ2v) is 7.21. The van der Waals surface area contributed by atoms with E-state index in [4.69, 9.17) is 19.9 Å². The van der Waals surface area contributed by atoms with Crippen LogP contribution in [0.1, 0.15) is 55.4 Å². The van der Waals surface area contributed by atoms with Crippen LogP contribution in [0.4, 0.5) is 0 Å². The van der Waals surface area contributed by atoms with Gasteiger partial charge in [-0.25, -0.2) is 0 Å². The van der Waals surface area contributed by atoms with Crippen LogP contribution in [0, 0.1) is 0 Å². The van der Waals surface area contributed by atoms with Crippen molar-refractivity contribution in [2.75, 3.05) is 46.5 Å². The van der Waals surface area contributed by atoms with Crippen molar-refractivity contribution < 1.29 is 23.8 Å².